The number of carboxylic acid groups (broad SMARTS) is 1. The van der Waals surface area contributed by atoms with Crippen LogP contribution >= 0.6 is 11.6 Å². The molecule has 5 rings (SSSR count). The van der Waals surface area contributed by atoms with Crippen LogP contribution in [0.3, 0.4) is 0 Å². The van der Waals surface area contributed by atoms with Crippen LogP contribution < -0.4 is 4.74 Å². The highest BCUT2D eigenvalue weighted by Gasteiger charge is 2.53. The molecule has 0 bridgehead atoms. The first kappa shape index (κ1) is 27.4. The minimum absolute atomic E-state index is 0.0457. The second kappa shape index (κ2) is 11.2. The lowest BCUT2D eigenvalue weighted by atomic mass is 10.0. The molecular formula is C31H26ClNO6S. The highest BCUT2D eigenvalue weighted by molar-refractivity contribution is 7.92. The van der Waals surface area contributed by atoms with Gasteiger partial charge in [0.15, 0.2) is 9.84 Å². The van der Waals surface area contributed by atoms with Crippen LogP contribution in [0.4, 0.5) is 0 Å². The summed E-state index contributed by atoms with van der Waals surface area (Å²) >= 11 is 6.55. The van der Waals surface area contributed by atoms with E-state index in [0.29, 0.717) is 11.3 Å². The number of carboxylic acids is 1. The van der Waals surface area contributed by atoms with Crippen LogP contribution in [0.25, 0.3) is 11.1 Å². The molecule has 1 N–H and O–H groups in total. The van der Waals surface area contributed by atoms with E-state index in [1.807, 2.05) is 30.3 Å². The fourth-order valence-corrected chi connectivity index (χ4v) is 7.49. The zero-order chi connectivity index (χ0) is 28.4. The van der Waals surface area contributed by atoms with Gasteiger partial charge in [0.2, 0.25) is 0 Å². The quantitative estimate of drug-likeness (QED) is 0.294. The van der Waals surface area contributed by atoms with Gasteiger partial charge >= 0.3 is 5.97 Å². The number of ether oxygens (including phenoxy) is 1. The lowest BCUT2D eigenvalue weighted by Crippen LogP contribution is -2.42. The van der Waals surface area contributed by atoms with E-state index in [-0.39, 0.29) is 21.9 Å². The number of likely N-dealkylation sites (tertiary alicyclic amines) is 1. The molecule has 9 heteroatoms. The molecule has 1 heterocycles. The Bertz CT molecular complexity index is 1660. The number of sulfone groups is 1. The minimum Gasteiger partial charge on any atom is -0.496 e. The molecule has 4 aromatic carbocycles. The molecule has 0 saturated carbocycles. The number of rotatable bonds is 7. The average molecular weight is 576 g/mol. The first-order chi connectivity index (χ1) is 19.2. The van der Waals surface area contributed by atoms with Crippen LogP contribution in [0.1, 0.15) is 28.4 Å². The lowest BCUT2D eigenvalue weighted by Gasteiger charge is -2.31. The molecule has 1 amide bonds. The Labute approximate surface area is 237 Å². The number of nitrogens with zero attached hydrogens (tertiary/aromatic N) is 1. The topological polar surface area (TPSA) is 101 Å². The van der Waals surface area contributed by atoms with Gasteiger partial charge < -0.3 is 14.7 Å². The van der Waals surface area contributed by atoms with Crippen molar-refractivity contribution >= 4 is 33.3 Å². The molecule has 0 unspecified atom stereocenters. The van der Waals surface area contributed by atoms with E-state index in [1.165, 1.54) is 19.2 Å². The van der Waals surface area contributed by atoms with Crippen molar-refractivity contribution < 1.29 is 27.9 Å². The van der Waals surface area contributed by atoms with Crippen molar-refractivity contribution in [1.29, 1.82) is 0 Å². The Morgan fingerprint density at radius 1 is 0.900 bits per heavy atom. The van der Waals surface area contributed by atoms with Crippen molar-refractivity contribution in [3.8, 4) is 16.9 Å². The average Bonchev–Trinajstić information content (AvgIpc) is 3.39. The van der Waals surface area contributed by atoms with Crippen LogP contribution in [0, 0.1) is 0 Å². The molecule has 1 aliphatic rings. The van der Waals surface area contributed by atoms with Crippen LogP contribution in [-0.4, -0.2) is 48.7 Å². The van der Waals surface area contributed by atoms with Crippen LogP contribution in [0.2, 0.25) is 5.02 Å². The van der Waals surface area contributed by atoms with Gasteiger partial charge in [0.05, 0.1) is 23.3 Å². The molecule has 0 spiro atoms. The molecule has 3 atom stereocenters. The number of hydrogen-bond donors (Lipinski definition) is 1. The summed E-state index contributed by atoms with van der Waals surface area (Å²) in [6.45, 7) is 0. The molecule has 204 valence electrons. The number of carbonyl (C=O) groups is 2. The fraction of sp³-hybridized carbons (Fsp3) is 0.161. The van der Waals surface area contributed by atoms with E-state index in [1.54, 1.807) is 60.7 Å². The molecule has 0 aliphatic carbocycles. The Kier molecular flexibility index (Phi) is 7.65. The summed E-state index contributed by atoms with van der Waals surface area (Å²) in [5, 5.41) is 9.21. The zero-order valence-corrected chi connectivity index (χ0v) is 23.0. The van der Waals surface area contributed by atoms with Gasteiger partial charge in [-0.1, -0.05) is 78.3 Å². The Morgan fingerprint density at radius 3 is 2.15 bits per heavy atom. The number of halogens is 1. The molecule has 0 aromatic heterocycles. The van der Waals surface area contributed by atoms with E-state index >= 15 is 0 Å². The summed E-state index contributed by atoms with van der Waals surface area (Å²) in [6.07, 6.45) is -0.298. The van der Waals surface area contributed by atoms with Gasteiger partial charge in [0.1, 0.15) is 11.8 Å². The van der Waals surface area contributed by atoms with Crippen LogP contribution in [-0.2, 0) is 14.6 Å². The van der Waals surface area contributed by atoms with Crippen molar-refractivity contribution in [1.82, 2.24) is 4.90 Å². The maximum atomic E-state index is 14.2. The van der Waals surface area contributed by atoms with Gasteiger partial charge in [-0.15, -0.1) is 0 Å². The van der Waals surface area contributed by atoms with Gasteiger partial charge in [-0.3, -0.25) is 4.79 Å². The van der Waals surface area contributed by atoms with Crippen LogP contribution in [0.5, 0.6) is 5.75 Å². The molecule has 7 nitrogen and oxygen atoms in total. The maximum absolute atomic E-state index is 14.2. The Balaban J connectivity index is 1.65. The third-order valence-electron chi connectivity index (χ3n) is 7.19. The van der Waals surface area contributed by atoms with Crippen molar-refractivity contribution in [3.05, 3.63) is 119 Å². The first-order valence-electron chi connectivity index (χ1n) is 12.6. The number of aliphatic carboxylic acids is 1. The van der Waals surface area contributed by atoms with Gasteiger partial charge in [0, 0.05) is 16.1 Å². The Morgan fingerprint density at radius 2 is 1.52 bits per heavy atom. The fourth-order valence-electron chi connectivity index (χ4n) is 5.30. The monoisotopic (exact) mass is 575 g/mol. The number of amides is 1. The zero-order valence-electron chi connectivity index (χ0n) is 21.5. The molecular weight excluding hydrogens is 550 g/mol. The maximum Gasteiger partial charge on any atom is 0.326 e. The predicted octanol–water partition coefficient (Wildman–Crippen LogP) is 5.90. The lowest BCUT2D eigenvalue weighted by molar-refractivity contribution is -0.141. The summed E-state index contributed by atoms with van der Waals surface area (Å²) in [5.41, 5.74) is 2.16. The number of methoxy groups -OCH3 is 1. The van der Waals surface area contributed by atoms with Crippen LogP contribution in [0.15, 0.2) is 108 Å². The Hall–Kier alpha value is -4.14. The van der Waals surface area contributed by atoms with Gasteiger partial charge in [-0.2, -0.15) is 0 Å². The van der Waals surface area contributed by atoms with Crippen molar-refractivity contribution in [2.24, 2.45) is 0 Å². The second-order valence-electron chi connectivity index (χ2n) is 9.45. The van der Waals surface area contributed by atoms with Gasteiger partial charge in [-0.05, 0) is 53.9 Å². The van der Waals surface area contributed by atoms with Gasteiger partial charge in [-0.25, -0.2) is 13.2 Å². The summed E-state index contributed by atoms with van der Waals surface area (Å²) < 4.78 is 33.4. The third kappa shape index (κ3) is 4.96. The summed E-state index contributed by atoms with van der Waals surface area (Å²) in [4.78, 5) is 27.9. The summed E-state index contributed by atoms with van der Waals surface area (Å²) in [7, 11) is -2.58. The van der Waals surface area contributed by atoms with Crippen molar-refractivity contribution in [2.75, 3.05) is 7.11 Å². The first-order valence-corrected chi connectivity index (χ1v) is 14.5. The SMILES string of the molecule is COc1cc(C(=O)N2[C@H](C(=O)O)C[C@H](S(=O)(=O)c3ccccc3)[C@@H]2c2ccccc2Cl)ccc1-c1ccccc1. The predicted molar refractivity (Wildman–Crippen MR) is 152 cm³/mol. The summed E-state index contributed by atoms with van der Waals surface area (Å²) in [6, 6.07) is 26.2. The molecule has 4 aromatic rings. The van der Waals surface area contributed by atoms with E-state index in [0.717, 1.165) is 16.0 Å². The molecule has 0 radical (unpaired) electrons. The highest BCUT2D eigenvalue weighted by atomic mass is 35.5. The van der Waals surface area contributed by atoms with Crippen molar-refractivity contribution in [2.45, 2.75) is 28.6 Å². The van der Waals surface area contributed by atoms with E-state index < -0.39 is 39.0 Å². The number of carbonyl (C=O) groups excluding carboxylic acids is 1. The van der Waals surface area contributed by atoms with E-state index in [9.17, 15) is 23.1 Å². The van der Waals surface area contributed by atoms with E-state index in [4.69, 9.17) is 16.3 Å². The molecule has 1 saturated heterocycles. The standard InChI is InChI=1S/C31H26ClNO6S/c1-39-27-18-21(16-17-23(27)20-10-4-2-5-11-20)30(34)33-26(31(35)36)19-28(29(33)24-14-8-9-15-25(24)32)40(37,38)22-12-6-3-7-13-22/h2-18,26,28-29H,19H2,1H3,(H,35,36)/t26-,28-,29-/m0/s1. The molecule has 1 fully saturated rings. The largest absolute Gasteiger partial charge is 0.496 e. The third-order valence-corrected chi connectivity index (χ3v) is 9.71. The number of hydrogen-bond acceptors (Lipinski definition) is 5. The van der Waals surface area contributed by atoms with Gasteiger partial charge in [0.25, 0.3) is 5.91 Å². The minimum atomic E-state index is -4.06. The smallest absolute Gasteiger partial charge is 0.326 e. The highest BCUT2D eigenvalue weighted by Crippen LogP contribution is 2.45. The molecule has 40 heavy (non-hydrogen) atoms. The van der Waals surface area contributed by atoms with Crippen molar-refractivity contribution in [3.63, 3.8) is 0 Å². The number of benzene rings is 4. The van der Waals surface area contributed by atoms with E-state index in [2.05, 4.69) is 0 Å². The molecule has 1 aliphatic heterocycles. The normalized spacial score (nSPS) is 18.9. The second-order valence-corrected chi connectivity index (χ2v) is 12.0. The summed E-state index contributed by atoms with van der Waals surface area (Å²) in [5.74, 6) is -1.52.